The number of hydrogen-bond acceptors (Lipinski definition) is 4. The van der Waals surface area contributed by atoms with Crippen LogP contribution in [0.1, 0.15) is 11.6 Å². The molecule has 6 nitrogen and oxygen atoms in total. The summed E-state index contributed by atoms with van der Waals surface area (Å²) in [4.78, 5) is 14.6. The fourth-order valence-electron chi connectivity index (χ4n) is 3.15. The maximum Gasteiger partial charge on any atom is 0.243 e. The van der Waals surface area contributed by atoms with Gasteiger partial charge in [-0.25, -0.2) is 12.8 Å². The zero-order chi connectivity index (χ0) is 19.4. The summed E-state index contributed by atoms with van der Waals surface area (Å²) >= 11 is 0. The van der Waals surface area contributed by atoms with Crippen LogP contribution in [-0.2, 0) is 14.8 Å². The molecule has 152 valence electrons. The predicted octanol–water partition coefficient (Wildman–Crippen LogP) is 2.04. The van der Waals surface area contributed by atoms with Gasteiger partial charge in [0.1, 0.15) is 5.82 Å². The Morgan fingerprint density at radius 3 is 2.61 bits per heavy atom. The molecule has 0 aliphatic carbocycles. The molecule has 1 atom stereocenters. The molecule has 0 bridgehead atoms. The normalized spacial score (nSPS) is 17.2. The fraction of sp³-hybridized carbons (Fsp3) is 0.316. The molecule has 28 heavy (non-hydrogen) atoms. The first-order valence-electron chi connectivity index (χ1n) is 8.66. The van der Waals surface area contributed by atoms with E-state index in [0.29, 0.717) is 25.2 Å². The summed E-state index contributed by atoms with van der Waals surface area (Å²) in [5.41, 5.74) is 0.684. The van der Waals surface area contributed by atoms with E-state index in [1.54, 1.807) is 35.2 Å². The highest BCUT2D eigenvalue weighted by Gasteiger charge is 2.31. The van der Waals surface area contributed by atoms with Crippen LogP contribution in [0.25, 0.3) is 0 Å². The Morgan fingerprint density at radius 2 is 1.93 bits per heavy atom. The van der Waals surface area contributed by atoms with E-state index in [4.69, 9.17) is 0 Å². The van der Waals surface area contributed by atoms with E-state index >= 15 is 0 Å². The van der Waals surface area contributed by atoms with E-state index in [1.807, 2.05) is 0 Å². The zero-order valence-corrected chi connectivity index (χ0v) is 17.0. The minimum atomic E-state index is -3.75. The Bertz CT molecular complexity index is 912. The minimum absolute atomic E-state index is 0. The highest BCUT2D eigenvalue weighted by molar-refractivity contribution is 7.89. The van der Waals surface area contributed by atoms with Crippen molar-refractivity contribution in [3.05, 3.63) is 66.0 Å². The highest BCUT2D eigenvalue weighted by Crippen LogP contribution is 2.23. The Morgan fingerprint density at radius 1 is 1.21 bits per heavy atom. The molecule has 1 unspecified atom stereocenters. The monoisotopic (exact) mass is 427 g/mol. The number of likely N-dealkylation sites (N-methyl/N-ethyl adjacent to an activating group) is 1. The van der Waals surface area contributed by atoms with Gasteiger partial charge in [0.05, 0.1) is 17.5 Å². The number of benzene rings is 2. The first kappa shape index (κ1) is 22.3. The van der Waals surface area contributed by atoms with Crippen molar-refractivity contribution in [1.29, 1.82) is 0 Å². The van der Waals surface area contributed by atoms with Crippen molar-refractivity contribution in [2.24, 2.45) is 0 Å². The number of carbonyl (C=O) groups excluding carboxylic acids is 1. The van der Waals surface area contributed by atoms with E-state index in [0.717, 1.165) is 4.31 Å². The van der Waals surface area contributed by atoms with Crippen molar-refractivity contribution in [2.75, 3.05) is 33.2 Å². The summed E-state index contributed by atoms with van der Waals surface area (Å²) in [5.74, 6) is -0.679. The summed E-state index contributed by atoms with van der Waals surface area (Å²) in [6, 6.07) is 13.8. The van der Waals surface area contributed by atoms with Crippen LogP contribution in [-0.4, -0.2) is 56.8 Å². The second-order valence-corrected chi connectivity index (χ2v) is 8.48. The van der Waals surface area contributed by atoms with Crippen LogP contribution in [0, 0.1) is 5.82 Å². The van der Waals surface area contributed by atoms with Crippen LogP contribution in [0.3, 0.4) is 0 Å². The Hall–Kier alpha value is -2.00. The third kappa shape index (κ3) is 4.88. The third-order valence-corrected chi connectivity index (χ3v) is 6.42. The smallest absolute Gasteiger partial charge is 0.243 e. The second-order valence-electron chi connectivity index (χ2n) is 6.44. The highest BCUT2D eigenvalue weighted by atomic mass is 35.5. The molecule has 0 radical (unpaired) electrons. The maximum atomic E-state index is 13.6. The van der Waals surface area contributed by atoms with Crippen LogP contribution in [0.4, 0.5) is 4.39 Å². The van der Waals surface area contributed by atoms with Gasteiger partial charge in [0.15, 0.2) is 0 Å². The molecule has 1 fully saturated rings. The summed E-state index contributed by atoms with van der Waals surface area (Å²) in [5, 5.41) is 3.20. The molecular formula is C19H23ClFN3O3S. The van der Waals surface area contributed by atoms with Crippen LogP contribution in [0.5, 0.6) is 0 Å². The zero-order valence-electron chi connectivity index (χ0n) is 15.4. The molecule has 1 saturated heterocycles. The van der Waals surface area contributed by atoms with Crippen molar-refractivity contribution < 1.29 is 17.6 Å². The van der Waals surface area contributed by atoms with Crippen LogP contribution in [0.15, 0.2) is 59.5 Å². The number of rotatable bonds is 5. The lowest BCUT2D eigenvalue weighted by atomic mass is 10.0. The Balaban J connectivity index is 0.00000280. The minimum Gasteiger partial charge on any atom is -0.332 e. The van der Waals surface area contributed by atoms with Gasteiger partial charge in [0.2, 0.25) is 15.9 Å². The van der Waals surface area contributed by atoms with Gasteiger partial charge in [0, 0.05) is 26.7 Å². The third-order valence-electron chi connectivity index (χ3n) is 4.61. The van der Waals surface area contributed by atoms with Gasteiger partial charge in [-0.2, -0.15) is 4.31 Å². The van der Waals surface area contributed by atoms with Gasteiger partial charge in [-0.15, -0.1) is 12.4 Å². The standard InChI is InChI=1S/C19H22FN3O3S.ClH/c1-22(27(25,26)17-8-3-2-4-9-17)14-19(24)23-11-10-21-13-18(23)15-6-5-7-16(20)12-15;/h2-9,12,18,21H,10-11,13-14H2,1H3;1H. The number of amides is 1. The van der Waals surface area contributed by atoms with Gasteiger partial charge in [-0.05, 0) is 29.8 Å². The van der Waals surface area contributed by atoms with Crippen molar-refractivity contribution >= 4 is 28.3 Å². The number of carbonyl (C=O) groups is 1. The number of piperazine rings is 1. The SMILES string of the molecule is CN(CC(=O)N1CCNCC1c1cccc(F)c1)S(=O)(=O)c1ccccc1.Cl. The summed E-state index contributed by atoms with van der Waals surface area (Å²) in [7, 11) is -2.36. The molecule has 2 aromatic rings. The van der Waals surface area contributed by atoms with Gasteiger partial charge in [-0.1, -0.05) is 30.3 Å². The van der Waals surface area contributed by atoms with Gasteiger partial charge >= 0.3 is 0 Å². The maximum absolute atomic E-state index is 13.6. The van der Waals surface area contributed by atoms with Crippen molar-refractivity contribution in [2.45, 2.75) is 10.9 Å². The lowest BCUT2D eigenvalue weighted by molar-refractivity contribution is -0.134. The number of nitrogens with zero attached hydrogens (tertiary/aromatic N) is 2. The molecular weight excluding hydrogens is 405 g/mol. The van der Waals surface area contributed by atoms with E-state index in [9.17, 15) is 17.6 Å². The average Bonchev–Trinajstić information content (AvgIpc) is 2.68. The van der Waals surface area contributed by atoms with E-state index in [-0.39, 0.29) is 41.6 Å². The summed E-state index contributed by atoms with van der Waals surface area (Å²) < 4.78 is 39.9. The lowest BCUT2D eigenvalue weighted by Crippen LogP contribution is -2.51. The van der Waals surface area contributed by atoms with Crippen LogP contribution in [0.2, 0.25) is 0 Å². The van der Waals surface area contributed by atoms with Gasteiger partial charge in [-0.3, -0.25) is 4.79 Å². The molecule has 2 aromatic carbocycles. The lowest BCUT2D eigenvalue weighted by Gasteiger charge is -2.37. The molecule has 3 rings (SSSR count). The Kier molecular flexibility index (Phi) is 7.54. The number of nitrogens with one attached hydrogen (secondary N) is 1. The van der Waals surface area contributed by atoms with Crippen molar-refractivity contribution in [3.63, 3.8) is 0 Å². The first-order valence-corrected chi connectivity index (χ1v) is 10.1. The molecule has 1 aliphatic heterocycles. The topological polar surface area (TPSA) is 69.7 Å². The average molecular weight is 428 g/mol. The van der Waals surface area contributed by atoms with Gasteiger partial charge in [0.25, 0.3) is 0 Å². The molecule has 1 heterocycles. The van der Waals surface area contributed by atoms with Gasteiger partial charge < -0.3 is 10.2 Å². The molecule has 0 saturated carbocycles. The first-order chi connectivity index (χ1) is 12.9. The summed E-state index contributed by atoms with van der Waals surface area (Å²) in [6.45, 7) is 1.25. The second kappa shape index (κ2) is 9.47. The van der Waals surface area contributed by atoms with Crippen molar-refractivity contribution in [3.8, 4) is 0 Å². The molecule has 1 N–H and O–H groups in total. The van der Waals surface area contributed by atoms with E-state index in [2.05, 4.69) is 5.32 Å². The van der Waals surface area contributed by atoms with E-state index in [1.165, 1.54) is 31.3 Å². The van der Waals surface area contributed by atoms with Crippen molar-refractivity contribution in [1.82, 2.24) is 14.5 Å². The predicted molar refractivity (Wildman–Crippen MR) is 107 cm³/mol. The molecule has 1 amide bonds. The Labute approximate surface area is 170 Å². The van der Waals surface area contributed by atoms with Crippen LogP contribution < -0.4 is 5.32 Å². The van der Waals surface area contributed by atoms with Crippen LogP contribution >= 0.6 is 12.4 Å². The number of hydrogen-bond donors (Lipinski definition) is 1. The van der Waals surface area contributed by atoms with E-state index < -0.39 is 10.0 Å². The quantitative estimate of drug-likeness (QED) is 0.792. The summed E-state index contributed by atoms with van der Waals surface area (Å²) in [6.07, 6.45) is 0. The molecule has 0 spiro atoms. The number of sulfonamides is 1. The molecule has 9 heteroatoms. The fourth-order valence-corrected chi connectivity index (χ4v) is 4.29. The number of halogens is 2. The molecule has 1 aliphatic rings. The molecule has 0 aromatic heterocycles. The largest absolute Gasteiger partial charge is 0.332 e.